The smallest absolute Gasteiger partial charge is 0.225 e. The molecule has 1 atom stereocenters. The highest BCUT2D eigenvalue weighted by Gasteiger charge is 2.24. The van der Waals surface area contributed by atoms with Crippen molar-refractivity contribution in [3.8, 4) is 0 Å². The van der Waals surface area contributed by atoms with Crippen molar-refractivity contribution in [2.45, 2.75) is 18.9 Å². The summed E-state index contributed by atoms with van der Waals surface area (Å²) in [5, 5.41) is 12.1. The quantitative estimate of drug-likeness (QED) is 0.285. The summed E-state index contributed by atoms with van der Waals surface area (Å²) in [4.78, 5) is 16.3. The third-order valence-electron chi connectivity index (χ3n) is 5.12. The Hall–Kier alpha value is -2.61. The van der Waals surface area contributed by atoms with E-state index in [2.05, 4.69) is 69.5 Å². The van der Waals surface area contributed by atoms with Crippen LogP contribution in [0.15, 0.2) is 71.7 Å². The maximum absolute atomic E-state index is 12.0. The first-order chi connectivity index (χ1) is 13.7. The minimum atomic E-state index is 0. The second kappa shape index (κ2) is 9.73. The Morgan fingerprint density at radius 3 is 2.62 bits per heavy atom. The summed E-state index contributed by atoms with van der Waals surface area (Å²) in [6.45, 7) is 1.34. The van der Waals surface area contributed by atoms with E-state index in [1.165, 1.54) is 21.9 Å². The van der Waals surface area contributed by atoms with Gasteiger partial charge in [-0.25, -0.2) is 0 Å². The highest BCUT2D eigenvalue weighted by atomic mass is 127. The van der Waals surface area contributed by atoms with Gasteiger partial charge >= 0.3 is 0 Å². The molecule has 0 aliphatic carbocycles. The molecule has 1 amide bonds. The highest BCUT2D eigenvalue weighted by molar-refractivity contribution is 14.0. The number of amides is 1. The first kappa shape index (κ1) is 21.1. The lowest BCUT2D eigenvalue weighted by molar-refractivity contribution is -0.116. The van der Waals surface area contributed by atoms with Crippen molar-refractivity contribution in [2.24, 2.45) is 4.99 Å². The third-order valence-corrected chi connectivity index (χ3v) is 5.12. The van der Waals surface area contributed by atoms with Crippen LogP contribution in [0.3, 0.4) is 0 Å². The Balaban J connectivity index is 0.00000240. The van der Waals surface area contributed by atoms with Crippen LogP contribution in [-0.4, -0.2) is 25.5 Å². The molecule has 0 aromatic heterocycles. The number of nitrogens with one attached hydrogen (secondary N) is 3. The fourth-order valence-corrected chi connectivity index (χ4v) is 3.66. The number of benzene rings is 3. The maximum atomic E-state index is 12.0. The van der Waals surface area contributed by atoms with Gasteiger partial charge in [0.2, 0.25) is 5.91 Å². The zero-order valence-electron chi connectivity index (χ0n) is 16.3. The number of rotatable bonds is 4. The standard InChI is InChI=1S/C23H24N4O.HI/c1-24-23(25-14-16-10-11-17-6-2-3-7-18(17)12-16)26-15-19-13-22(28)27-21-9-5-4-8-20(19)21;/h2-12,19H,13-15H2,1H3,(H,27,28)(H2,24,25,26);1H. The summed E-state index contributed by atoms with van der Waals surface area (Å²) in [5.74, 6) is 0.922. The Kier molecular flexibility index (Phi) is 7.09. The lowest BCUT2D eigenvalue weighted by Gasteiger charge is -2.26. The summed E-state index contributed by atoms with van der Waals surface area (Å²) in [6, 6.07) is 22.8. The van der Waals surface area contributed by atoms with Crippen LogP contribution >= 0.6 is 24.0 Å². The molecule has 6 heteroatoms. The molecule has 3 aromatic rings. The Morgan fingerprint density at radius 2 is 1.79 bits per heavy atom. The van der Waals surface area contributed by atoms with Crippen LogP contribution in [0.5, 0.6) is 0 Å². The summed E-state index contributed by atoms with van der Waals surface area (Å²) in [7, 11) is 1.76. The Morgan fingerprint density at radius 1 is 1.03 bits per heavy atom. The summed E-state index contributed by atoms with van der Waals surface area (Å²) >= 11 is 0. The lowest BCUT2D eigenvalue weighted by atomic mass is 9.90. The molecular weight excluding hydrogens is 475 g/mol. The zero-order chi connectivity index (χ0) is 19.3. The molecule has 5 nitrogen and oxygen atoms in total. The number of fused-ring (bicyclic) bond motifs is 2. The number of para-hydroxylation sites is 1. The fraction of sp³-hybridized carbons (Fsp3) is 0.217. The molecule has 3 N–H and O–H groups in total. The SMILES string of the molecule is CN=C(NCc1ccc2ccccc2c1)NCC1CC(=O)Nc2ccccc21.I. The molecule has 1 aliphatic heterocycles. The van der Waals surface area contributed by atoms with Gasteiger partial charge in [-0.2, -0.15) is 0 Å². The molecule has 0 saturated heterocycles. The Labute approximate surface area is 188 Å². The Bertz CT molecular complexity index is 1030. The minimum absolute atomic E-state index is 0. The van der Waals surface area contributed by atoms with Gasteiger partial charge in [-0.1, -0.05) is 54.6 Å². The van der Waals surface area contributed by atoms with Crippen LogP contribution < -0.4 is 16.0 Å². The van der Waals surface area contributed by atoms with Gasteiger partial charge in [-0.3, -0.25) is 9.79 Å². The number of nitrogens with zero attached hydrogens (tertiary/aromatic N) is 1. The molecule has 29 heavy (non-hydrogen) atoms. The number of carbonyl (C=O) groups excluding carboxylic acids is 1. The van der Waals surface area contributed by atoms with E-state index in [0.717, 1.165) is 11.6 Å². The molecule has 150 valence electrons. The topological polar surface area (TPSA) is 65.5 Å². The van der Waals surface area contributed by atoms with E-state index < -0.39 is 0 Å². The normalized spacial score (nSPS) is 15.8. The number of anilines is 1. The van der Waals surface area contributed by atoms with Crippen molar-refractivity contribution in [3.05, 3.63) is 77.9 Å². The van der Waals surface area contributed by atoms with Gasteiger partial charge in [0.15, 0.2) is 5.96 Å². The van der Waals surface area contributed by atoms with E-state index in [1.54, 1.807) is 7.05 Å². The number of guanidine groups is 1. The molecular formula is C23H25IN4O. The van der Waals surface area contributed by atoms with Gasteiger partial charge in [0.05, 0.1) is 0 Å². The minimum Gasteiger partial charge on any atom is -0.356 e. The number of hydrogen-bond donors (Lipinski definition) is 3. The van der Waals surface area contributed by atoms with E-state index in [1.807, 2.05) is 18.2 Å². The van der Waals surface area contributed by atoms with Crippen molar-refractivity contribution in [1.82, 2.24) is 10.6 Å². The van der Waals surface area contributed by atoms with Crippen molar-refractivity contribution < 1.29 is 4.79 Å². The second-order valence-corrected chi connectivity index (χ2v) is 7.02. The van der Waals surface area contributed by atoms with Crippen LogP contribution in [0.1, 0.15) is 23.5 Å². The van der Waals surface area contributed by atoms with Gasteiger partial charge in [-0.05, 0) is 34.0 Å². The van der Waals surface area contributed by atoms with E-state index in [-0.39, 0.29) is 35.8 Å². The van der Waals surface area contributed by atoms with Crippen molar-refractivity contribution >= 4 is 52.3 Å². The molecule has 0 fully saturated rings. The first-order valence-electron chi connectivity index (χ1n) is 9.54. The van der Waals surface area contributed by atoms with Crippen molar-refractivity contribution in [2.75, 3.05) is 18.9 Å². The monoisotopic (exact) mass is 500 g/mol. The van der Waals surface area contributed by atoms with Crippen LogP contribution in [-0.2, 0) is 11.3 Å². The van der Waals surface area contributed by atoms with Gasteiger partial charge < -0.3 is 16.0 Å². The molecule has 1 unspecified atom stereocenters. The zero-order valence-corrected chi connectivity index (χ0v) is 18.6. The predicted molar refractivity (Wildman–Crippen MR) is 130 cm³/mol. The van der Waals surface area contributed by atoms with Gasteiger partial charge in [0.25, 0.3) is 0 Å². The van der Waals surface area contributed by atoms with E-state index in [4.69, 9.17) is 0 Å². The average Bonchev–Trinajstić information content (AvgIpc) is 2.73. The average molecular weight is 500 g/mol. The number of carbonyl (C=O) groups is 1. The molecule has 1 aliphatic rings. The van der Waals surface area contributed by atoms with Crippen LogP contribution in [0.4, 0.5) is 5.69 Å². The number of halogens is 1. The fourth-order valence-electron chi connectivity index (χ4n) is 3.66. The van der Waals surface area contributed by atoms with E-state index in [9.17, 15) is 4.79 Å². The highest BCUT2D eigenvalue weighted by Crippen LogP contribution is 2.31. The van der Waals surface area contributed by atoms with Crippen LogP contribution in [0.25, 0.3) is 10.8 Å². The molecule has 1 heterocycles. The van der Waals surface area contributed by atoms with E-state index >= 15 is 0 Å². The van der Waals surface area contributed by atoms with Crippen molar-refractivity contribution in [1.29, 1.82) is 0 Å². The lowest BCUT2D eigenvalue weighted by Crippen LogP contribution is -2.40. The predicted octanol–water partition coefficient (Wildman–Crippen LogP) is 4.25. The second-order valence-electron chi connectivity index (χ2n) is 7.02. The van der Waals surface area contributed by atoms with E-state index in [0.29, 0.717) is 19.5 Å². The summed E-state index contributed by atoms with van der Waals surface area (Å²) in [6.07, 6.45) is 0.478. The largest absolute Gasteiger partial charge is 0.356 e. The molecule has 0 spiro atoms. The molecule has 4 rings (SSSR count). The number of aliphatic imine (C=N–C) groups is 1. The van der Waals surface area contributed by atoms with Crippen LogP contribution in [0, 0.1) is 0 Å². The van der Waals surface area contributed by atoms with Crippen molar-refractivity contribution in [3.63, 3.8) is 0 Å². The first-order valence-corrected chi connectivity index (χ1v) is 9.54. The third kappa shape index (κ3) is 5.06. The van der Waals surface area contributed by atoms with Gasteiger partial charge in [0, 0.05) is 38.2 Å². The summed E-state index contributed by atoms with van der Waals surface area (Å²) < 4.78 is 0. The molecule has 0 bridgehead atoms. The van der Waals surface area contributed by atoms with Crippen LogP contribution in [0.2, 0.25) is 0 Å². The van der Waals surface area contributed by atoms with Gasteiger partial charge in [0.1, 0.15) is 0 Å². The number of hydrogen-bond acceptors (Lipinski definition) is 2. The molecule has 0 saturated carbocycles. The summed E-state index contributed by atoms with van der Waals surface area (Å²) in [5.41, 5.74) is 3.27. The molecule has 0 radical (unpaired) electrons. The van der Waals surface area contributed by atoms with Gasteiger partial charge in [-0.15, -0.1) is 24.0 Å². The maximum Gasteiger partial charge on any atom is 0.225 e. The molecule has 3 aromatic carbocycles.